The molecule has 0 fully saturated rings. The normalized spacial score (nSPS) is 12.9. The molecule has 0 radical (unpaired) electrons. The van der Waals surface area contributed by atoms with Crippen molar-refractivity contribution in [2.45, 2.75) is 19.8 Å². The Hall–Kier alpha value is -0.230. The van der Waals surface area contributed by atoms with Crippen LogP contribution in [0.1, 0.15) is 18.4 Å². The standard InChI is InChI=1S/C12H15BrN2S2/c1-2-8(6-14)5-12-15-9(7-16-12)10-3-4-11(13)17-10/h3-4,7-8H,2,5-6,14H2,1H3. The second kappa shape index (κ2) is 6.09. The molecule has 2 N–H and O–H groups in total. The lowest BCUT2D eigenvalue weighted by atomic mass is 10.0. The number of aromatic nitrogens is 1. The number of thiophene rings is 1. The monoisotopic (exact) mass is 330 g/mol. The zero-order valence-corrected chi connectivity index (χ0v) is 12.9. The lowest BCUT2D eigenvalue weighted by molar-refractivity contribution is 0.518. The number of nitrogens with zero attached hydrogens (tertiary/aromatic N) is 1. The molecule has 1 unspecified atom stereocenters. The van der Waals surface area contributed by atoms with Gasteiger partial charge in [-0.2, -0.15) is 0 Å². The van der Waals surface area contributed by atoms with Crippen molar-refractivity contribution in [1.82, 2.24) is 4.98 Å². The van der Waals surface area contributed by atoms with Gasteiger partial charge in [-0.3, -0.25) is 0 Å². The summed E-state index contributed by atoms with van der Waals surface area (Å²) in [6, 6.07) is 4.17. The van der Waals surface area contributed by atoms with Crippen LogP contribution in [0.4, 0.5) is 0 Å². The summed E-state index contributed by atoms with van der Waals surface area (Å²) in [5.74, 6) is 0.559. The smallest absolute Gasteiger partial charge is 0.0936 e. The van der Waals surface area contributed by atoms with Gasteiger partial charge in [0.25, 0.3) is 0 Å². The quantitative estimate of drug-likeness (QED) is 0.893. The average molecular weight is 331 g/mol. The van der Waals surface area contributed by atoms with Crippen molar-refractivity contribution in [3.63, 3.8) is 0 Å². The first-order chi connectivity index (χ1) is 8.22. The van der Waals surface area contributed by atoms with Gasteiger partial charge in [0.15, 0.2) is 0 Å². The third-order valence-corrected chi connectivity index (χ3v) is 5.27. The second-order valence-electron chi connectivity index (χ2n) is 3.94. The molecule has 92 valence electrons. The van der Waals surface area contributed by atoms with E-state index >= 15 is 0 Å². The SMILES string of the molecule is CCC(CN)Cc1nc(-c2ccc(Br)s2)cs1. The van der Waals surface area contributed by atoms with Gasteiger partial charge in [-0.05, 0) is 40.5 Å². The van der Waals surface area contributed by atoms with Crippen LogP contribution in [-0.2, 0) is 6.42 Å². The number of hydrogen-bond donors (Lipinski definition) is 1. The molecule has 1 atom stereocenters. The Morgan fingerprint density at radius 1 is 1.47 bits per heavy atom. The highest BCUT2D eigenvalue weighted by molar-refractivity contribution is 9.11. The molecule has 0 saturated heterocycles. The van der Waals surface area contributed by atoms with E-state index in [4.69, 9.17) is 5.73 Å². The van der Waals surface area contributed by atoms with E-state index in [0.717, 1.165) is 28.9 Å². The molecule has 0 aliphatic carbocycles. The Morgan fingerprint density at radius 3 is 2.88 bits per heavy atom. The van der Waals surface area contributed by atoms with Gasteiger partial charge in [0, 0.05) is 11.8 Å². The van der Waals surface area contributed by atoms with E-state index in [1.165, 1.54) is 9.88 Å². The summed E-state index contributed by atoms with van der Waals surface area (Å²) in [5.41, 5.74) is 6.82. The fourth-order valence-corrected chi connectivity index (χ4v) is 3.94. The maximum Gasteiger partial charge on any atom is 0.0936 e. The molecule has 0 bridgehead atoms. The molecule has 2 aromatic heterocycles. The minimum Gasteiger partial charge on any atom is -0.330 e. The zero-order chi connectivity index (χ0) is 12.3. The average Bonchev–Trinajstić information content (AvgIpc) is 2.94. The molecule has 5 heteroatoms. The van der Waals surface area contributed by atoms with Crippen molar-refractivity contribution in [3.05, 3.63) is 26.3 Å². The molecule has 0 aliphatic rings. The summed E-state index contributed by atoms with van der Waals surface area (Å²) in [5, 5.41) is 3.33. The van der Waals surface area contributed by atoms with Crippen LogP contribution >= 0.6 is 38.6 Å². The Balaban J connectivity index is 2.10. The van der Waals surface area contributed by atoms with Crippen molar-refractivity contribution in [2.75, 3.05) is 6.54 Å². The van der Waals surface area contributed by atoms with E-state index in [1.54, 1.807) is 22.7 Å². The van der Waals surface area contributed by atoms with Crippen LogP contribution in [0.2, 0.25) is 0 Å². The summed E-state index contributed by atoms with van der Waals surface area (Å²) in [6.07, 6.45) is 2.13. The van der Waals surface area contributed by atoms with E-state index in [9.17, 15) is 0 Å². The van der Waals surface area contributed by atoms with Crippen molar-refractivity contribution < 1.29 is 0 Å². The van der Waals surface area contributed by atoms with Crippen LogP contribution in [0.15, 0.2) is 21.3 Å². The first-order valence-electron chi connectivity index (χ1n) is 5.63. The third kappa shape index (κ3) is 3.37. The van der Waals surface area contributed by atoms with Crippen LogP contribution in [0.5, 0.6) is 0 Å². The number of hydrogen-bond acceptors (Lipinski definition) is 4. The van der Waals surface area contributed by atoms with E-state index < -0.39 is 0 Å². The van der Waals surface area contributed by atoms with Crippen LogP contribution in [0.25, 0.3) is 10.6 Å². The van der Waals surface area contributed by atoms with Gasteiger partial charge in [-0.1, -0.05) is 13.3 Å². The van der Waals surface area contributed by atoms with Crippen LogP contribution in [0.3, 0.4) is 0 Å². The molecule has 17 heavy (non-hydrogen) atoms. The fraction of sp³-hybridized carbons (Fsp3) is 0.417. The lowest BCUT2D eigenvalue weighted by Crippen LogP contribution is -2.15. The summed E-state index contributed by atoms with van der Waals surface area (Å²) in [7, 11) is 0. The van der Waals surface area contributed by atoms with Crippen molar-refractivity contribution in [2.24, 2.45) is 11.7 Å². The lowest BCUT2D eigenvalue weighted by Gasteiger charge is -2.08. The molecule has 2 aromatic rings. The van der Waals surface area contributed by atoms with Gasteiger partial charge in [0.2, 0.25) is 0 Å². The van der Waals surface area contributed by atoms with Crippen LogP contribution in [-0.4, -0.2) is 11.5 Å². The highest BCUT2D eigenvalue weighted by atomic mass is 79.9. The van der Waals surface area contributed by atoms with Crippen LogP contribution < -0.4 is 5.73 Å². The first kappa shape index (κ1) is 13.2. The molecule has 2 heterocycles. The minimum atomic E-state index is 0.559. The third-order valence-electron chi connectivity index (χ3n) is 2.75. The largest absolute Gasteiger partial charge is 0.330 e. The first-order valence-corrected chi connectivity index (χ1v) is 8.12. The second-order valence-corrected chi connectivity index (χ2v) is 7.35. The van der Waals surface area contributed by atoms with E-state index in [2.05, 4.69) is 45.4 Å². The summed E-state index contributed by atoms with van der Waals surface area (Å²) in [6.45, 7) is 2.93. The predicted octanol–water partition coefficient (Wildman–Crippen LogP) is 4.16. The minimum absolute atomic E-state index is 0.559. The number of nitrogens with two attached hydrogens (primary N) is 1. The predicted molar refractivity (Wildman–Crippen MR) is 79.7 cm³/mol. The van der Waals surface area contributed by atoms with Gasteiger partial charge in [0.05, 0.1) is 19.4 Å². The molecule has 0 aliphatic heterocycles. The molecule has 0 spiro atoms. The Labute approximate surface area is 118 Å². The maximum absolute atomic E-state index is 5.73. The summed E-state index contributed by atoms with van der Waals surface area (Å²) in [4.78, 5) is 5.90. The Kier molecular flexibility index (Phi) is 4.73. The molecular weight excluding hydrogens is 316 g/mol. The van der Waals surface area contributed by atoms with Gasteiger partial charge >= 0.3 is 0 Å². The van der Waals surface area contributed by atoms with Crippen molar-refractivity contribution in [1.29, 1.82) is 0 Å². The number of halogens is 1. The van der Waals surface area contributed by atoms with Gasteiger partial charge in [0.1, 0.15) is 0 Å². The highest BCUT2D eigenvalue weighted by Gasteiger charge is 2.10. The molecule has 2 nitrogen and oxygen atoms in total. The van der Waals surface area contributed by atoms with Crippen LogP contribution in [0, 0.1) is 5.92 Å². The van der Waals surface area contributed by atoms with Gasteiger partial charge in [-0.25, -0.2) is 4.98 Å². The number of rotatable bonds is 5. The van der Waals surface area contributed by atoms with Gasteiger partial charge in [-0.15, -0.1) is 22.7 Å². The number of thiazole rings is 1. The van der Waals surface area contributed by atoms with E-state index in [-0.39, 0.29) is 0 Å². The molecule has 0 amide bonds. The zero-order valence-electron chi connectivity index (χ0n) is 9.65. The molecule has 0 saturated carbocycles. The topological polar surface area (TPSA) is 38.9 Å². The van der Waals surface area contributed by atoms with E-state index in [0.29, 0.717) is 5.92 Å². The molecule has 0 aromatic carbocycles. The van der Waals surface area contributed by atoms with E-state index in [1.807, 2.05) is 0 Å². The molecular formula is C12H15BrN2S2. The Morgan fingerprint density at radius 2 is 2.29 bits per heavy atom. The Bertz CT molecular complexity index is 474. The van der Waals surface area contributed by atoms with Gasteiger partial charge < -0.3 is 5.73 Å². The maximum atomic E-state index is 5.73. The molecule has 2 rings (SSSR count). The fourth-order valence-electron chi connectivity index (χ4n) is 1.61. The summed E-state index contributed by atoms with van der Waals surface area (Å²) >= 11 is 6.93. The summed E-state index contributed by atoms with van der Waals surface area (Å²) < 4.78 is 1.15. The van der Waals surface area contributed by atoms with Crippen molar-refractivity contribution >= 4 is 38.6 Å². The highest BCUT2D eigenvalue weighted by Crippen LogP contribution is 2.32. The van der Waals surface area contributed by atoms with Crippen molar-refractivity contribution in [3.8, 4) is 10.6 Å².